The number of benzene rings is 2. The molecule has 0 aliphatic rings. The Morgan fingerprint density at radius 3 is 2.04 bits per heavy atom. The molecule has 0 unspecified atom stereocenters. The van der Waals surface area contributed by atoms with Crippen LogP contribution in [-0.4, -0.2) is 32.2 Å². The second kappa shape index (κ2) is 7.92. The minimum Gasteiger partial charge on any atom is -0.507 e. The first kappa shape index (κ1) is 18.6. The summed E-state index contributed by atoms with van der Waals surface area (Å²) >= 11 is 0. The van der Waals surface area contributed by atoms with Crippen LogP contribution in [0.3, 0.4) is 0 Å². The molecular weight excluding hydrogens is 320 g/mol. The van der Waals surface area contributed by atoms with Crippen molar-refractivity contribution in [1.82, 2.24) is 0 Å². The molecule has 0 bridgehead atoms. The summed E-state index contributed by atoms with van der Waals surface area (Å²) in [6.45, 7) is 3.53. The van der Waals surface area contributed by atoms with Gasteiger partial charge in [-0.1, -0.05) is 12.1 Å². The lowest BCUT2D eigenvalue weighted by Gasteiger charge is -2.18. The first-order valence-corrected chi connectivity index (χ1v) is 8.04. The summed E-state index contributed by atoms with van der Waals surface area (Å²) in [6.07, 6.45) is 0.830. The van der Waals surface area contributed by atoms with E-state index < -0.39 is 0 Å². The van der Waals surface area contributed by atoms with Crippen molar-refractivity contribution in [2.24, 2.45) is 0 Å². The van der Waals surface area contributed by atoms with Gasteiger partial charge in [-0.15, -0.1) is 0 Å². The zero-order valence-electron chi connectivity index (χ0n) is 15.3. The highest BCUT2D eigenvalue weighted by Gasteiger charge is 2.25. The lowest BCUT2D eigenvalue weighted by atomic mass is 9.96. The molecule has 5 nitrogen and oxygen atoms in total. The van der Waals surface area contributed by atoms with Crippen LogP contribution in [0, 0.1) is 13.8 Å². The zero-order chi connectivity index (χ0) is 18.6. The van der Waals surface area contributed by atoms with Gasteiger partial charge in [-0.2, -0.15) is 0 Å². The number of aryl methyl sites for hydroxylation is 1. The number of rotatable bonds is 7. The molecule has 0 heterocycles. The minimum atomic E-state index is -0.168. The minimum absolute atomic E-state index is 0.0842. The number of phenols is 1. The second-order valence-corrected chi connectivity index (χ2v) is 5.81. The number of phenolic OH excluding ortho intramolecular Hbond substituents is 1. The molecule has 0 amide bonds. The third-order valence-corrected chi connectivity index (χ3v) is 4.33. The van der Waals surface area contributed by atoms with Gasteiger partial charge < -0.3 is 19.3 Å². The van der Waals surface area contributed by atoms with Crippen molar-refractivity contribution in [3.8, 4) is 23.0 Å². The van der Waals surface area contributed by atoms with E-state index in [2.05, 4.69) is 0 Å². The number of hydrogen-bond acceptors (Lipinski definition) is 5. The van der Waals surface area contributed by atoms with E-state index in [1.54, 1.807) is 14.0 Å². The van der Waals surface area contributed by atoms with Gasteiger partial charge in [0.25, 0.3) is 0 Å². The summed E-state index contributed by atoms with van der Waals surface area (Å²) in [4.78, 5) is 12.7. The summed E-state index contributed by atoms with van der Waals surface area (Å²) < 4.78 is 15.8. The fourth-order valence-electron chi connectivity index (χ4n) is 2.97. The Hall–Kier alpha value is -2.69. The molecule has 5 heteroatoms. The molecule has 0 aromatic heterocycles. The molecule has 0 aliphatic heterocycles. The van der Waals surface area contributed by atoms with Gasteiger partial charge in [-0.05, 0) is 38.0 Å². The normalized spacial score (nSPS) is 10.4. The van der Waals surface area contributed by atoms with Gasteiger partial charge >= 0.3 is 0 Å². The lowest BCUT2D eigenvalue weighted by molar-refractivity contribution is 0.0976. The van der Waals surface area contributed by atoms with Crippen molar-refractivity contribution in [2.45, 2.75) is 26.7 Å². The molecule has 2 aromatic carbocycles. The van der Waals surface area contributed by atoms with Crippen LogP contribution in [0.1, 0.15) is 33.5 Å². The highest BCUT2D eigenvalue weighted by Crippen LogP contribution is 2.42. The van der Waals surface area contributed by atoms with Gasteiger partial charge in [0.2, 0.25) is 0 Å². The van der Waals surface area contributed by atoms with Crippen LogP contribution in [0.4, 0.5) is 0 Å². The quantitative estimate of drug-likeness (QED) is 0.773. The van der Waals surface area contributed by atoms with E-state index in [0.29, 0.717) is 29.0 Å². The molecule has 134 valence electrons. The Morgan fingerprint density at radius 1 is 0.920 bits per heavy atom. The van der Waals surface area contributed by atoms with E-state index in [1.165, 1.54) is 14.2 Å². The molecule has 1 N–H and O–H groups in total. The number of hydrogen-bond donors (Lipinski definition) is 1. The van der Waals surface area contributed by atoms with Crippen molar-refractivity contribution in [1.29, 1.82) is 0 Å². The van der Waals surface area contributed by atoms with Crippen molar-refractivity contribution in [3.05, 3.63) is 46.5 Å². The van der Waals surface area contributed by atoms with Gasteiger partial charge in [-0.25, -0.2) is 0 Å². The Morgan fingerprint density at radius 2 is 1.52 bits per heavy atom. The molecular formula is C20H24O5. The fraction of sp³-hybridized carbons (Fsp3) is 0.350. The highest BCUT2D eigenvalue weighted by atomic mass is 16.5. The fourth-order valence-corrected chi connectivity index (χ4v) is 2.97. The van der Waals surface area contributed by atoms with Crippen LogP contribution in [-0.2, 0) is 6.42 Å². The van der Waals surface area contributed by atoms with Crippen molar-refractivity contribution < 1.29 is 24.1 Å². The SMILES string of the molecule is COc1ccc(CCC(=O)c2c(O)c(C)c(OC)c(C)c2OC)cc1. The standard InChI is InChI=1S/C20H24O5/c1-12-18(22)17(20(25-5)13(2)19(12)24-4)16(21)11-8-14-6-9-15(23-3)10-7-14/h6-7,9-10,22H,8,11H2,1-5H3. The summed E-state index contributed by atoms with van der Waals surface area (Å²) in [6, 6.07) is 7.57. The number of methoxy groups -OCH3 is 3. The maximum absolute atomic E-state index is 12.7. The second-order valence-electron chi connectivity index (χ2n) is 5.81. The maximum atomic E-state index is 12.7. The molecule has 2 rings (SSSR count). The van der Waals surface area contributed by atoms with Crippen LogP contribution < -0.4 is 14.2 Å². The predicted molar refractivity (Wildman–Crippen MR) is 96.3 cm³/mol. The Labute approximate surface area is 148 Å². The van der Waals surface area contributed by atoms with Crippen LogP contribution in [0.25, 0.3) is 0 Å². The zero-order valence-corrected chi connectivity index (χ0v) is 15.3. The molecule has 0 radical (unpaired) electrons. The van der Waals surface area contributed by atoms with Crippen LogP contribution in [0.2, 0.25) is 0 Å². The molecule has 0 saturated carbocycles. The third-order valence-electron chi connectivity index (χ3n) is 4.33. The maximum Gasteiger partial charge on any atom is 0.170 e. The Balaban J connectivity index is 2.29. The number of ether oxygens (including phenoxy) is 3. The van der Waals surface area contributed by atoms with E-state index in [4.69, 9.17) is 14.2 Å². The Kier molecular flexibility index (Phi) is 5.91. The van der Waals surface area contributed by atoms with Gasteiger partial charge in [0.05, 0.1) is 21.3 Å². The van der Waals surface area contributed by atoms with Crippen molar-refractivity contribution >= 4 is 5.78 Å². The average molecular weight is 344 g/mol. The van der Waals surface area contributed by atoms with Gasteiger partial charge in [0.1, 0.15) is 28.6 Å². The Bertz CT molecular complexity index is 763. The largest absolute Gasteiger partial charge is 0.507 e. The molecule has 0 aliphatic carbocycles. The number of Topliss-reactive ketones (excluding diaryl/α,β-unsaturated/α-hetero) is 1. The molecule has 2 aromatic rings. The third kappa shape index (κ3) is 3.71. The molecule has 0 fully saturated rings. The van der Waals surface area contributed by atoms with Crippen LogP contribution >= 0.6 is 0 Å². The topological polar surface area (TPSA) is 65.0 Å². The summed E-state index contributed by atoms with van der Waals surface area (Å²) in [5.41, 5.74) is 2.48. The molecule has 25 heavy (non-hydrogen) atoms. The predicted octanol–water partition coefficient (Wildman–Crippen LogP) is 3.85. The average Bonchev–Trinajstić information content (AvgIpc) is 2.63. The first-order valence-electron chi connectivity index (χ1n) is 8.04. The van der Waals surface area contributed by atoms with E-state index in [1.807, 2.05) is 31.2 Å². The first-order chi connectivity index (χ1) is 11.9. The monoisotopic (exact) mass is 344 g/mol. The summed E-state index contributed by atoms with van der Waals surface area (Å²) in [5, 5.41) is 10.5. The number of aromatic hydroxyl groups is 1. The number of carbonyl (C=O) groups excluding carboxylic acids is 1. The van der Waals surface area contributed by atoms with Crippen LogP contribution in [0.15, 0.2) is 24.3 Å². The van der Waals surface area contributed by atoms with Gasteiger partial charge in [-0.3, -0.25) is 4.79 Å². The van der Waals surface area contributed by atoms with Crippen molar-refractivity contribution in [3.63, 3.8) is 0 Å². The van der Waals surface area contributed by atoms with E-state index in [-0.39, 0.29) is 23.5 Å². The van der Waals surface area contributed by atoms with Gasteiger partial charge in [0.15, 0.2) is 5.78 Å². The highest BCUT2D eigenvalue weighted by molar-refractivity contribution is 6.02. The van der Waals surface area contributed by atoms with E-state index in [0.717, 1.165) is 11.3 Å². The van der Waals surface area contributed by atoms with Gasteiger partial charge in [0, 0.05) is 17.5 Å². The lowest BCUT2D eigenvalue weighted by Crippen LogP contribution is -2.08. The molecule has 0 saturated heterocycles. The van der Waals surface area contributed by atoms with Crippen molar-refractivity contribution in [2.75, 3.05) is 21.3 Å². The summed E-state index contributed by atoms with van der Waals surface area (Å²) in [7, 11) is 4.62. The number of ketones is 1. The smallest absolute Gasteiger partial charge is 0.170 e. The molecule has 0 spiro atoms. The molecule has 0 atom stereocenters. The van der Waals surface area contributed by atoms with E-state index >= 15 is 0 Å². The van der Waals surface area contributed by atoms with E-state index in [9.17, 15) is 9.90 Å². The van der Waals surface area contributed by atoms with Crippen LogP contribution in [0.5, 0.6) is 23.0 Å². The number of carbonyl (C=O) groups is 1. The summed E-state index contributed by atoms with van der Waals surface area (Å²) in [5.74, 6) is 1.41.